The highest BCUT2D eigenvalue weighted by Gasteiger charge is 2.45. The predicted octanol–water partition coefficient (Wildman–Crippen LogP) is 3.03. The third-order valence-electron chi connectivity index (χ3n) is 4.71. The normalized spacial score (nSPS) is 25.2. The fourth-order valence-electron chi connectivity index (χ4n) is 3.72. The molecule has 0 saturated heterocycles. The third kappa shape index (κ3) is 2.74. The first-order valence-electron chi connectivity index (χ1n) is 8.14. The van der Waals surface area contributed by atoms with Crippen LogP contribution in [0, 0.1) is 5.92 Å². The van der Waals surface area contributed by atoms with E-state index in [1.54, 1.807) is 0 Å². The van der Waals surface area contributed by atoms with Crippen LogP contribution >= 0.6 is 0 Å². The summed E-state index contributed by atoms with van der Waals surface area (Å²) in [6.07, 6.45) is 5.09. The summed E-state index contributed by atoms with van der Waals surface area (Å²) in [6.45, 7) is 2.25. The summed E-state index contributed by atoms with van der Waals surface area (Å²) in [5, 5.41) is 0. The third-order valence-corrected chi connectivity index (χ3v) is 4.71. The average molecular weight is 302 g/mol. The van der Waals surface area contributed by atoms with E-state index in [9.17, 15) is 9.59 Å². The van der Waals surface area contributed by atoms with E-state index in [-0.39, 0.29) is 23.9 Å². The number of hydrogen-bond donors (Lipinski definition) is 0. The van der Waals surface area contributed by atoms with Crippen molar-refractivity contribution >= 4 is 12.3 Å². The smallest absolute Gasteiger partial charge is 0.305 e. The molecule has 0 bridgehead atoms. The Bertz CT molecular complexity index is 566. The van der Waals surface area contributed by atoms with Gasteiger partial charge in [-0.25, -0.2) is 0 Å². The van der Waals surface area contributed by atoms with Crippen LogP contribution in [0.25, 0.3) is 0 Å². The van der Waals surface area contributed by atoms with Gasteiger partial charge in [0.1, 0.15) is 18.1 Å². The fourth-order valence-corrected chi connectivity index (χ4v) is 3.72. The Morgan fingerprint density at radius 2 is 2.27 bits per heavy atom. The van der Waals surface area contributed by atoms with Crippen molar-refractivity contribution < 1.29 is 19.1 Å². The highest BCUT2D eigenvalue weighted by atomic mass is 16.5. The number of esters is 1. The molecule has 3 atom stereocenters. The summed E-state index contributed by atoms with van der Waals surface area (Å²) in [4.78, 5) is 22.7. The molecule has 1 aromatic rings. The summed E-state index contributed by atoms with van der Waals surface area (Å²) in [5.74, 6) is 1.11. The number of aryl methyl sites for hydroxylation is 1. The van der Waals surface area contributed by atoms with E-state index in [1.165, 1.54) is 5.56 Å². The number of rotatable bonds is 6. The zero-order valence-electron chi connectivity index (χ0n) is 12.9. The number of ether oxygens (including phenoxy) is 2. The summed E-state index contributed by atoms with van der Waals surface area (Å²) in [7, 11) is 0. The Morgan fingerprint density at radius 1 is 1.41 bits per heavy atom. The van der Waals surface area contributed by atoms with Crippen molar-refractivity contribution in [2.75, 3.05) is 6.61 Å². The molecule has 4 heteroatoms. The second-order valence-electron chi connectivity index (χ2n) is 6.05. The molecule has 0 radical (unpaired) electrons. The molecule has 1 fully saturated rings. The van der Waals surface area contributed by atoms with Gasteiger partial charge in [-0.2, -0.15) is 0 Å². The number of benzene rings is 1. The van der Waals surface area contributed by atoms with Gasteiger partial charge >= 0.3 is 5.97 Å². The molecule has 1 aromatic carbocycles. The fraction of sp³-hybridized carbons (Fsp3) is 0.556. The number of aldehydes is 1. The van der Waals surface area contributed by atoms with Crippen LogP contribution in [0.5, 0.6) is 5.75 Å². The summed E-state index contributed by atoms with van der Waals surface area (Å²) >= 11 is 0. The molecule has 0 spiro atoms. The molecular formula is C18H22O4. The maximum Gasteiger partial charge on any atom is 0.305 e. The van der Waals surface area contributed by atoms with Crippen molar-refractivity contribution in [2.45, 2.75) is 51.0 Å². The van der Waals surface area contributed by atoms with Crippen LogP contribution in [0.15, 0.2) is 18.2 Å². The number of para-hydroxylation sites is 1. The van der Waals surface area contributed by atoms with E-state index < -0.39 is 0 Å². The molecule has 22 heavy (non-hydrogen) atoms. The average Bonchev–Trinajstić information content (AvgIpc) is 3.07. The van der Waals surface area contributed by atoms with Gasteiger partial charge < -0.3 is 14.3 Å². The Morgan fingerprint density at radius 3 is 3.05 bits per heavy atom. The molecule has 0 aromatic heterocycles. The van der Waals surface area contributed by atoms with Gasteiger partial charge in [0.15, 0.2) is 0 Å². The lowest BCUT2D eigenvalue weighted by molar-refractivity contribution is -0.143. The largest absolute Gasteiger partial charge is 0.489 e. The second kappa shape index (κ2) is 6.51. The van der Waals surface area contributed by atoms with Crippen molar-refractivity contribution in [3.63, 3.8) is 0 Å². The predicted molar refractivity (Wildman–Crippen MR) is 82.0 cm³/mol. The zero-order chi connectivity index (χ0) is 15.5. The monoisotopic (exact) mass is 302 g/mol. The molecule has 1 heterocycles. The second-order valence-corrected chi connectivity index (χ2v) is 6.05. The van der Waals surface area contributed by atoms with Crippen LogP contribution < -0.4 is 4.74 Å². The highest BCUT2D eigenvalue weighted by Crippen LogP contribution is 2.50. The Hall–Kier alpha value is -1.84. The minimum Gasteiger partial charge on any atom is -0.489 e. The van der Waals surface area contributed by atoms with Gasteiger partial charge in [-0.3, -0.25) is 4.79 Å². The van der Waals surface area contributed by atoms with Crippen LogP contribution in [0.2, 0.25) is 0 Å². The molecule has 0 amide bonds. The quantitative estimate of drug-likeness (QED) is 0.599. The lowest BCUT2D eigenvalue weighted by Gasteiger charge is -2.11. The van der Waals surface area contributed by atoms with E-state index in [1.807, 2.05) is 13.0 Å². The van der Waals surface area contributed by atoms with Gasteiger partial charge in [-0.1, -0.05) is 18.2 Å². The topological polar surface area (TPSA) is 52.6 Å². The summed E-state index contributed by atoms with van der Waals surface area (Å²) < 4.78 is 11.1. The first-order chi connectivity index (χ1) is 10.7. The van der Waals surface area contributed by atoms with Crippen LogP contribution in [0.3, 0.4) is 0 Å². The van der Waals surface area contributed by atoms with E-state index in [0.717, 1.165) is 43.3 Å². The standard InChI is InChI=1S/C18H22O4/c1-2-21-16(20)8-4-6-12-5-3-7-14-17-13(11-19)9-10-15(17)22-18(12)14/h3,5,7,11,13,15,17H,2,4,6,8-10H2,1H3. The molecule has 1 aliphatic carbocycles. The van der Waals surface area contributed by atoms with Gasteiger partial charge in [0.2, 0.25) is 0 Å². The molecule has 0 N–H and O–H groups in total. The van der Waals surface area contributed by atoms with Gasteiger partial charge in [0.05, 0.1) is 6.61 Å². The zero-order valence-corrected chi connectivity index (χ0v) is 12.9. The molecule has 3 rings (SSSR count). The summed E-state index contributed by atoms with van der Waals surface area (Å²) in [5.41, 5.74) is 2.31. The van der Waals surface area contributed by atoms with E-state index >= 15 is 0 Å². The number of carbonyl (C=O) groups excluding carboxylic acids is 2. The maximum atomic E-state index is 11.4. The van der Waals surface area contributed by atoms with E-state index in [0.29, 0.717) is 13.0 Å². The van der Waals surface area contributed by atoms with Gasteiger partial charge in [0, 0.05) is 23.8 Å². The maximum absolute atomic E-state index is 11.4. The Kier molecular flexibility index (Phi) is 4.46. The van der Waals surface area contributed by atoms with Gasteiger partial charge in [-0.15, -0.1) is 0 Å². The van der Waals surface area contributed by atoms with Crippen molar-refractivity contribution in [1.82, 2.24) is 0 Å². The minimum atomic E-state index is -0.145. The molecule has 118 valence electrons. The lowest BCUT2D eigenvalue weighted by Crippen LogP contribution is -2.16. The van der Waals surface area contributed by atoms with Gasteiger partial charge in [-0.05, 0) is 38.2 Å². The number of carbonyl (C=O) groups is 2. The van der Waals surface area contributed by atoms with Crippen molar-refractivity contribution in [1.29, 1.82) is 0 Å². The molecule has 3 unspecified atom stereocenters. The molecule has 1 saturated carbocycles. The highest BCUT2D eigenvalue weighted by molar-refractivity contribution is 5.69. The first-order valence-corrected chi connectivity index (χ1v) is 8.14. The van der Waals surface area contributed by atoms with Crippen LogP contribution in [-0.2, 0) is 20.7 Å². The SMILES string of the molecule is CCOC(=O)CCCc1cccc2c1OC1CCC(C=O)C21. The van der Waals surface area contributed by atoms with Crippen LogP contribution in [0.1, 0.15) is 49.7 Å². The molecular weight excluding hydrogens is 280 g/mol. The van der Waals surface area contributed by atoms with Crippen molar-refractivity contribution in [2.24, 2.45) is 5.92 Å². The first kappa shape index (κ1) is 15.1. The number of fused-ring (bicyclic) bond motifs is 3. The molecule has 2 aliphatic rings. The van der Waals surface area contributed by atoms with E-state index in [2.05, 4.69) is 12.1 Å². The minimum absolute atomic E-state index is 0.0843. The van der Waals surface area contributed by atoms with Crippen molar-refractivity contribution in [3.05, 3.63) is 29.3 Å². The Balaban J connectivity index is 1.70. The molecule has 1 aliphatic heterocycles. The number of hydrogen-bond acceptors (Lipinski definition) is 4. The van der Waals surface area contributed by atoms with Crippen molar-refractivity contribution in [3.8, 4) is 5.75 Å². The van der Waals surface area contributed by atoms with Crippen LogP contribution in [0.4, 0.5) is 0 Å². The van der Waals surface area contributed by atoms with Crippen LogP contribution in [-0.4, -0.2) is 25.0 Å². The molecule has 4 nitrogen and oxygen atoms in total. The van der Waals surface area contributed by atoms with E-state index in [4.69, 9.17) is 9.47 Å². The van der Waals surface area contributed by atoms with Gasteiger partial charge in [0.25, 0.3) is 0 Å². The lowest BCUT2D eigenvalue weighted by atomic mass is 9.88. The summed E-state index contributed by atoms with van der Waals surface area (Å²) in [6, 6.07) is 6.17. The Labute approximate surface area is 130 Å².